The van der Waals surface area contributed by atoms with Crippen molar-refractivity contribution < 1.29 is 13.2 Å². The van der Waals surface area contributed by atoms with Crippen LogP contribution in [0.1, 0.15) is 12.0 Å². The number of hydrogen-bond donors (Lipinski definition) is 1. The Kier molecular flexibility index (Phi) is 4.75. The highest BCUT2D eigenvalue weighted by molar-refractivity contribution is 7.91. The molecule has 2 aromatic carbocycles. The van der Waals surface area contributed by atoms with E-state index in [4.69, 9.17) is 0 Å². The van der Waals surface area contributed by atoms with E-state index in [1.54, 1.807) is 24.3 Å². The topological polar surface area (TPSA) is 63.2 Å². The van der Waals surface area contributed by atoms with Crippen molar-refractivity contribution >= 4 is 21.4 Å². The van der Waals surface area contributed by atoms with E-state index in [-0.39, 0.29) is 23.0 Å². The first-order valence-electron chi connectivity index (χ1n) is 6.62. The number of anilines is 1. The number of benzene rings is 2. The van der Waals surface area contributed by atoms with Gasteiger partial charge in [-0.3, -0.25) is 4.79 Å². The third-order valence-electron chi connectivity index (χ3n) is 3.00. The van der Waals surface area contributed by atoms with Gasteiger partial charge in [0.25, 0.3) is 0 Å². The quantitative estimate of drug-likeness (QED) is 0.924. The average molecular weight is 303 g/mol. The molecular formula is C16H17NO3S. The molecule has 0 aliphatic heterocycles. The number of sulfone groups is 1. The second-order valence-electron chi connectivity index (χ2n) is 4.80. The number of rotatable bonds is 5. The number of carbonyl (C=O) groups excluding carboxylic acids is 1. The lowest BCUT2D eigenvalue weighted by Gasteiger charge is -2.07. The molecule has 1 N–H and O–H groups in total. The number of carbonyl (C=O) groups is 1. The SMILES string of the molecule is Cc1cccc(NC(=O)CCS(=O)(=O)c2ccccc2)c1. The predicted molar refractivity (Wildman–Crippen MR) is 82.9 cm³/mol. The van der Waals surface area contributed by atoms with Crippen LogP contribution in [0.3, 0.4) is 0 Å². The maximum atomic E-state index is 12.1. The summed E-state index contributed by atoms with van der Waals surface area (Å²) in [6.07, 6.45) is -0.0643. The fraction of sp³-hybridized carbons (Fsp3) is 0.188. The summed E-state index contributed by atoms with van der Waals surface area (Å²) < 4.78 is 24.1. The Morgan fingerprint density at radius 3 is 2.43 bits per heavy atom. The van der Waals surface area contributed by atoms with Gasteiger partial charge in [0.1, 0.15) is 0 Å². The molecule has 21 heavy (non-hydrogen) atoms. The normalized spacial score (nSPS) is 11.1. The molecule has 2 aromatic rings. The molecule has 2 rings (SSSR count). The maximum absolute atomic E-state index is 12.1. The second-order valence-corrected chi connectivity index (χ2v) is 6.91. The Labute approximate surface area is 124 Å². The van der Waals surface area contributed by atoms with Crippen molar-refractivity contribution in [2.24, 2.45) is 0 Å². The smallest absolute Gasteiger partial charge is 0.225 e. The first-order valence-corrected chi connectivity index (χ1v) is 8.27. The van der Waals surface area contributed by atoms with Gasteiger partial charge in [-0.25, -0.2) is 8.42 Å². The van der Waals surface area contributed by atoms with E-state index in [1.807, 2.05) is 25.1 Å². The fourth-order valence-corrected chi connectivity index (χ4v) is 3.18. The lowest BCUT2D eigenvalue weighted by molar-refractivity contribution is -0.115. The van der Waals surface area contributed by atoms with Crippen LogP contribution in [0.5, 0.6) is 0 Å². The number of nitrogens with one attached hydrogen (secondary N) is 1. The highest BCUT2D eigenvalue weighted by Crippen LogP contribution is 2.13. The third kappa shape index (κ3) is 4.43. The monoisotopic (exact) mass is 303 g/mol. The molecule has 0 bridgehead atoms. The van der Waals surface area contributed by atoms with Crippen LogP contribution in [0.15, 0.2) is 59.5 Å². The molecule has 0 saturated carbocycles. The molecule has 0 saturated heterocycles. The van der Waals surface area contributed by atoms with Crippen LogP contribution in [0.2, 0.25) is 0 Å². The number of aryl methyl sites for hydroxylation is 1. The lowest BCUT2D eigenvalue weighted by atomic mass is 10.2. The minimum atomic E-state index is -3.42. The van der Waals surface area contributed by atoms with Crippen LogP contribution in [0, 0.1) is 6.92 Å². The standard InChI is InChI=1S/C16H17NO3S/c1-13-6-5-7-14(12-13)17-16(18)10-11-21(19,20)15-8-3-2-4-9-15/h2-9,12H,10-11H2,1H3,(H,17,18). The van der Waals surface area contributed by atoms with Gasteiger partial charge in [0.15, 0.2) is 9.84 Å². The fourth-order valence-electron chi connectivity index (χ4n) is 1.92. The Bertz CT molecular complexity index is 724. The van der Waals surface area contributed by atoms with Gasteiger partial charge in [0.2, 0.25) is 5.91 Å². The largest absolute Gasteiger partial charge is 0.326 e. The highest BCUT2D eigenvalue weighted by Gasteiger charge is 2.16. The molecule has 110 valence electrons. The molecule has 1 amide bonds. The summed E-state index contributed by atoms with van der Waals surface area (Å²) in [5, 5.41) is 2.70. The van der Waals surface area contributed by atoms with Gasteiger partial charge >= 0.3 is 0 Å². The molecule has 0 unspecified atom stereocenters. The van der Waals surface area contributed by atoms with E-state index >= 15 is 0 Å². The van der Waals surface area contributed by atoms with E-state index < -0.39 is 9.84 Å². The molecule has 0 heterocycles. The zero-order valence-corrected chi connectivity index (χ0v) is 12.6. The Hall–Kier alpha value is -2.14. The molecular weight excluding hydrogens is 286 g/mol. The zero-order valence-electron chi connectivity index (χ0n) is 11.7. The average Bonchev–Trinajstić information content (AvgIpc) is 2.46. The van der Waals surface area contributed by atoms with Gasteiger partial charge in [-0.05, 0) is 36.8 Å². The summed E-state index contributed by atoms with van der Waals surface area (Å²) >= 11 is 0. The molecule has 0 atom stereocenters. The van der Waals surface area contributed by atoms with Crippen molar-refractivity contribution in [1.82, 2.24) is 0 Å². The van der Waals surface area contributed by atoms with E-state index in [0.29, 0.717) is 5.69 Å². The summed E-state index contributed by atoms with van der Waals surface area (Å²) in [7, 11) is -3.42. The van der Waals surface area contributed by atoms with Crippen LogP contribution in [0.25, 0.3) is 0 Å². The van der Waals surface area contributed by atoms with Gasteiger partial charge in [-0.15, -0.1) is 0 Å². The van der Waals surface area contributed by atoms with Crippen molar-refractivity contribution in [1.29, 1.82) is 0 Å². The van der Waals surface area contributed by atoms with Crippen molar-refractivity contribution in [2.45, 2.75) is 18.2 Å². The first kappa shape index (κ1) is 15.3. The maximum Gasteiger partial charge on any atom is 0.225 e. The molecule has 4 nitrogen and oxygen atoms in total. The van der Waals surface area contributed by atoms with E-state index in [0.717, 1.165) is 5.56 Å². The number of amides is 1. The second kappa shape index (κ2) is 6.54. The molecule has 5 heteroatoms. The molecule has 0 aliphatic carbocycles. The van der Waals surface area contributed by atoms with Crippen molar-refractivity contribution in [3.63, 3.8) is 0 Å². The van der Waals surface area contributed by atoms with Crippen LogP contribution in [-0.4, -0.2) is 20.1 Å². The summed E-state index contributed by atoms with van der Waals surface area (Å²) in [6.45, 7) is 1.93. The van der Waals surface area contributed by atoms with Crippen LogP contribution < -0.4 is 5.32 Å². The van der Waals surface area contributed by atoms with Gasteiger partial charge in [0.05, 0.1) is 10.6 Å². The molecule has 0 aromatic heterocycles. The van der Waals surface area contributed by atoms with Crippen LogP contribution >= 0.6 is 0 Å². The molecule has 0 aliphatic rings. The van der Waals surface area contributed by atoms with E-state index in [1.165, 1.54) is 12.1 Å². The van der Waals surface area contributed by atoms with Gasteiger partial charge in [-0.2, -0.15) is 0 Å². The van der Waals surface area contributed by atoms with Gasteiger partial charge in [-0.1, -0.05) is 30.3 Å². The Morgan fingerprint density at radius 1 is 1.05 bits per heavy atom. The van der Waals surface area contributed by atoms with Crippen LogP contribution in [-0.2, 0) is 14.6 Å². The lowest BCUT2D eigenvalue weighted by Crippen LogP contribution is -2.17. The summed E-state index contributed by atoms with van der Waals surface area (Å²) in [6, 6.07) is 15.5. The predicted octanol–water partition coefficient (Wildman–Crippen LogP) is 2.80. The van der Waals surface area contributed by atoms with Gasteiger partial charge < -0.3 is 5.32 Å². The Morgan fingerprint density at radius 2 is 1.76 bits per heavy atom. The van der Waals surface area contributed by atoms with Crippen LogP contribution in [0.4, 0.5) is 5.69 Å². The Balaban J connectivity index is 1.95. The molecule has 0 fully saturated rings. The van der Waals surface area contributed by atoms with Crippen molar-refractivity contribution in [3.8, 4) is 0 Å². The van der Waals surface area contributed by atoms with Crippen molar-refractivity contribution in [2.75, 3.05) is 11.1 Å². The summed E-state index contributed by atoms with van der Waals surface area (Å²) in [5.41, 5.74) is 1.71. The molecule has 0 radical (unpaired) electrons. The number of hydrogen-bond acceptors (Lipinski definition) is 3. The third-order valence-corrected chi connectivity index (χ3v) is 4.73. The minimum absolute atomic E-state index is 0.0643. The highest BCUT2D eigenvalue weighted by atomic mass is 32.2. The molecule has 0 spiro atoms. The zero-order chi connectivity index (χ0) is 15.3. The first-order chi connectivity index (χ1) is 9.97. The van der Waals surface area contributed by atoms with Gasteiger partial charge in [0, 0.05) is 12.1 Å². The van der Waals surface area contributed by atoms with E-state index in [2.05, 4.69) is 5.32 Å². The summed E-state index contributed by atoms with van der Waals surface area (Å²) in [4.78, 5) is 12.1. The van der Waals surface area contributed by atoms with Crippen molar-refractivity contribution in [3.05, 3.63) is 60.2 Å². The summed E-state index contributed by atoms with van der Waals surface area (Å²) in [5.74, 6) is -0.505. The minimum Gasteiger partial charge on any atom is -0.326 e. The van der Waals surface area contributed by atoms with E-state index in [9.17, 15) is 13.2 Å².